The van der Waals surface area contributed by atoms with Gasteiger partial charge in [0.05, 0.1) is 11.4 Å². The molecule has 0 heterocycles. The van der Waals surface area contributed by atoms with Crippen LogP contribution in [0.15, 0.2) is 83.8 Å². The first-order valence-electron chi connectivity index (χ1n) is 13.2. The molecule has 2 amide bonds. The molecule has 1 aliphatic rings. The van der Waals surface area contributed by atoms with E-state index in [-0.39, 0.29) is 29.8 Å². The van der Waals surface area contributed by atoms with Gasteiger partial charge in [-0.25, -0.2) is 8.42 Å². The highest BCUT2D eigenvalue weighted by molar-refractivity contribution is 7.89. The van der Waals surface area contributed by atoms with Gasteiger partial charge in [-0.1, -0.05) is 78.5 Å². The van der Waals surface area contributed by atoms with Crippen molar-refractivity contribution in [1.29, 1.82) is 0 Å². The van der Waals surface area contributed by atoms with E-state index in [0.717, 1.165) is 41.1 Å². The van der Waals surface area contributed by atoms with E-state index in [1.807, 2.05) is 30.3 Å². The molecule has 10 heteroatoms. The van der Waals surface area contributed by atoms with Gasteiger partial charge >= 0.3 is 0 Å². The zero-order chi connectivity index (χ0) is 28.7. The highest BCUT2D eigenvalue weighted by Crippen LogP contribution is 2.22. The predicted octanol–water partition coefficient (Wildman–Crippen LogP) is 5.31. The monoisotopic (exact) mass is 601 g/mol. The second-order valence-electron chi connectivity index (χ2n) is 10.1. The largest absolute Gasteiger partial charge is 0.352 e. The Labute approximate surface area is 246 Å². The maximum atomic E-state index is 13.9. The number of hydrogen-bond acceptors (Lipinski definition) is 4. The molecular formula is C30H33Cl2N3O4S. The fourth-order valence-electron chi connectivity index (χ4n) is 4.86. The SMILES string of the molecule is CN(CC(=O)N(Cc1ccc(Cl)cc1)C(Cc1ccccc1)C(=O)NC1CCCC1)S(=O)(=O)c1ccc(Cl)cc1. The molecule has 0 radical (unpaired) electrons. The summed E-state index contributed by atoms with van der Waals surface area (Å²) < 4.78 is 27.5. The molecule has 1 unspecified atom stereocenters. The Balaban J connectivity index is 1.65. The molecule has 1 N–H and O–H groups in total. The van der Waals surface area contributed by atoms with Crippen LogP contribution in [-0.4, -0.2) is 55.1 Å². The minimum absolute atomic E-state index is 0.0243. The first kappa shape index (κ1) is 30.1. The van der Waals surface area contributed by atoms with Crippen molar-refractivity contribution in [2.45, 2.75) is 55.6 Å². The minimum Gasteiger partial charge on any atom is -0.352 e. The summed E-state index contributed by atoms with van der Waals surface area (Å²) in [6.07, 6.45) is 4.19. The van der Waals surface area contributed by atoms with Crippen LogP contribution in [0, 0.1) is 0 Å². The molecule has 0 spiro atoms. The third-order valence-corrected chi connectivity index (χ3v) is 9.44. The Morgan fingerprint density at radius 3 is 2.05 bits per heavy atom. The van der Waals surface area contributed by atoms with Gasteiger partial charge < -0.3 is 10.2 Å². The lowest BCUT2D eigenvalue weighted by atomic mass is 10.0. The lowest BCUT2D eigenvalue weighted by Crippen LogP contribution is -2.54. The molecule has 212 valence electrons. The maximum Gasteiger partial charge on any atom is 0.243 e. The zero-order valence-corrected chi connectivity index (χ0v) is 24.6. The second-order valence-corrected chi connectivity index (χ2v) is 13.0. The highest BCUT2D eigenvalue weighted by atomic mass is 35.5. The molecule has 1 aliphatic carbocycles. The zero-order valence-electron chi connectivity index (χ0n) is 22.3. The summed E-state index contributed by atoms with van der Waals surface area (Å²) in [5.74, 6) is -0.737. The summed E-state index contributed by atoms with van der Waals surface area (Å²) in [6.45, 7) is -0.332. The van der Waals surface area contributed by atoms with Crippen LogP contribution in [-0.2, 0) is 32.6 Å². The van der Waals surface area contributed by atoms with E-state index in [1.165, 1.54) is 36.2 Å². The lowest BCUT2D eigenvalue weighted by molar-refractivity contribution is -0.141. The molecule has 0 aliphatic heterocycles. The molecule has 0 aromatic heterocycles. The van der Waals surface area contributed by atoms with Gasteiger partial charge in [0, 0.05) is 36.1 Å². The predicted molar refractivity (Wildman–Crippen MR) is 158 cm³/mol. The average molecular weight is 603 g/mol. The Bertz CT molecular complexity index is 1400. The van der Waals surface area contributed by atoms with Gasteiger partial charge in [-0.15, -0.1) is 0 Å². The van der Waals surface area contributed by atoms with E-state index < -0.39 is 28.5 Å². The van der Waals surface area contributed by atoms with Crippen molar-refractivity contribution in [2.24, 2.45) is 0 Å². The van der Waals surface area contributed by atoms with Crippen LogP contribution >= 0.6 is 23.2 Å². The van der Waals surface area contributed by atoms with E-state index in [0.29, 0.717) is 10.0 Å². The minimum atomic E-state index is -3.98. The lowest BCUT2D eigenvalue weighted by Gasteiger charge is -2.33. The highest BCUT2D eigenvalue weighted by Gasteiger charge is 2.34. The Kier molecular flexibility index (Phi) is 10.2. The number of nitrogens with one attached hydrogen (secondary N) is 1. The second kappa shape index (κ2) is 13.6. The fraction of sp³-hybridized carbons (Fsp3) is 0.333. The normalized spacial score (nSPS) is 14.7. The quantitative estimate of drug-likeness (QED) is 0.322. The van der Waals surface area contributed by atoms with E-state index in [9.17, 15) is 18.0 Å². The molecule has 1 fully saturated rings. The van der Waals surface area contributed by atoms with Crippen LogP contribution in [0.3, 0.4) is 0 Å². The average Bonchev–Trinajstić information content (AvgIpc) is 3.45. The summed E-state index contributed by atoms with van der Waals surface area (Å²) in [5, 5.41) is 4.10. The standard InChI is InChI=1S/C30H33Cl2N3O4S/c1-34(40(38,39)27-17-15-25(32)16-18-27)21-29(36)35(20-23-11-13-24(31)14-12-23)28(19-22-7-3-2-4-8-22)30(37)33-26-9-5-6-10-26/h2-4,7-8,11-18,26,28H,5-6,9-10,19-21H2,1H3,(H,33,37). The number of carbonyl (C=O) groups is 2. The van der Waals surface area contributed by atoms with Crippen LogP contribution in [0.2, 0.25) is 10.0 Å². The van der Waals surface area contributed by atoms with Crippen molar-refractivity contribution >= 4 is 45.0 Å². The molecule has 3 aromatic carbocycles. The van der Waals surface area contributed by atoms with E-state index in [1.54, 1.807) is 24.3 Å². The summed E-state index contributed by atoms with van der Waals surface area (Å²) in [6, 6.07) is 21.5. The molecule has 0 bridgehead atoms. The van der Waals surface area contributed by atoms with Crippen LogP contribution in [0.4, 0.5) is 0 Å². The number of nitrogens with zero attached hydrogens (tertiary/aromatic N) is 2. The fourth-order valence-corrected chi connectivity index (χ4v) is 6.23. The van der Waals surface area contributed by atoms with Gasteiger partial charge in [-0.2, -0.15) is 4.31 Å². The first-order chi connectivity index (χ1) is 19.1. The van der Waals surface area contributed by atoms with Gasteiger partial charge in [0.25, 0.3) is 0 Å². The van der Waals surface area contributed by atoms with Crippen molar-refractivity contribution in [3.63, 3.8) is 0 Å². The van der Waals surface area contributed by atoms with E-state index in [4.69, 9.17) is 23.2 Å². The smallest absolute Gasteiger partial charge is 0.243 e. The number of sulfonamides is 1. The molecule has 40 heavy (non-hydrogen) atoms. The Morgan fingerprint density at radius 2 is 1.45 bits per heavy atom. The van der Waals surface area contributed by atoms with Crippen molar-refractivity contribution in [2.75, 3.05) is 13.6 Å². The van der Waals surface area contributed by atoms with E-state index in [2.05, 4.69) is 5.32 Å². The molecule has 1 atom stereocenters. The van der Waals surface area contributed by atoms with Gasteiger partial charge in [-0.3, -0.25) is 9.59 Å². The van der Waals surface area contributed by atoms with Crippen LogP contribution < -0.4 is 5.32 Å². The third kappa shape index (κ3) is 7.85. The molecule has 0 saturated heterocycles. The Hall–Kier alpha value is -2.91. The van der Waals surface area contributed by atoms with E-state index >= 15 is 0 Å². The van der Waals surface area contributed by atoms with Crippen molar-refractivity contribution in [1.82, 2.24) is 14.5 Å². The topological polar surface area (TPSA) is 86.8 Å². The maximum absolute atomic E-state index is 13.9. The van der Waals surface area contributed by atoms with Crippen molar-refractivity contribution < 1.29 is 18.0 Å². The third-order valence-electron chi connectivity index (χ3n) is 7.12. The summed E-state index contributed by atoms with van der Waals surface area (Å²) >= 11 is 12.0. The van der Waals surface area contributed by atoms with Gasteiger partial charge in [0.2, 0.25) is 21.8 Å². The van der Waals surface area contributed by atoms with Crippen LogP contribution in [0.5, 0.6) is 0 Å². The van der Waals surface area contributed by atoms with Crippen LogP contribution in [0.25, 0.3) is 0 Å². The summed E-state index contributed by atoms with van der Waals surface area (Å²) in [5.41, 5.74) is 1.66. The molecule has 3 aromatic rings. The van der Waals surface area contributed by atoms with Gasteiger partial charge in [0.15, 0.2) is 0 Å². The van der Waals surface area contributed by atoms with Crippen LogP contribution in [0.1, 0.15) is 36.8 Å². The summed E-state index contributed by atoms with van der Waals surface area (Å²) in [4.78, 5) is 29.2. The molecular weight excluding hydrogens is 569 g/mol. The number of benzene rings is 3. The van der Waals surface area contributed by atoms with Gasteiger partial charge in [-0.05, 0) is 60.4 Å². The number of halogens is 2. The van der Waals surface area contributed by atoms with Gasteiger partial charge in [0.1, 0.15) is 6.04 Å². The van der Waals surface area contributed by atoms with Crippen molar-refractivity contribution in [3.05, 3.63) is 100 Å². The summed E-state index contributed by atoms with van der Waals surface area (Å²) in [7, 11) is -2.62. The van der Waals surface area contributed by atoms with Crippen molar-refractivity contribution in [3.8, 4) is 0 Å². The number of likely N-dealkylation sites (N-methyl/N-ethyl adjacent to an activating group) is 1. The molecule has 1 saturated carbocycles. The number of hydrogen-bond donors (Lipinski definition) is 1. The number of carbonyl (C=O) groups excluding carboxylic acids is 2. The number of amides is 2. The molecule has 7 nitrogen and oxygen atoms in total. The molecule has 4 rings (SSSR count). The Morgan fingerprint density at radius 1 is 0.875 bits per heavy atom. The number of rotatable bonds is 11. The first-order valence-corrected chi connectivity index (χ1v) is 15.4.